The van der Waals surface area contributed by atoms with Crippen LogP contribution in [0.25, 0.3) is 0 Å². The molecule has 0 saturated heterocycles. The first-order valence-electron chi connectivity index (χ1n) is 0.982. The third-order valence-electron chi connectivity index (χ3n) is 0.103. The second-order valence-corrected chi connectivity index (χ2v) is 0.499. The first-order valence-corrected chi connectivity index (χ1v) is 0.982. The van der Waals surface area contributed by atoms with Gasteiger partial charge in [0.1, 0.15) is 0 Å². The summed E-state index contributed by atoms with van der Waals surface area (Å²) < 4.78 is 21.1. The molecule has 0 atom stereocenters. The molecule has 0 aromatic heterocycles. The summed E-state index contributed by atoms with van der Waals surface area (Å²) in [5, 5.41) is 0. The van der Waals surface area contributed by atoms with Crippen LogP contribution in [0, 0.1) is 0 Å². The minimum atomic E-state index is -1.16. The summed E-state index contributed by atoms with van der Waals surface area (Å²) in [5.74, 6) is -1.16. The van der Waals surface area contributed by atoms with Gasteiger partial charge in [0.2, 0.25) is 5.95 Å². The van der Waals surface area contributed by atoms with Crippen LogP contribution in [0.1, 0.15) is 0 Å². The maximum Gasteiger partial charge on any atom is 0.207 e. The molecule has 0 aliphatic heterocycles. The molecule has 0 aromatic carbocycles. The van der Waals surface area contributed by atoms with E-state index in [4.69, 9.17) is 0 Å². The quantitative estimate of drug-likeness (QED) is 0.363. The van der Waals surface area contributed by atoms with Crippen molar-refractivity contribution in [2.45, 2.75) is 0 Å². The smallest absolute Gasteiger partial charge is 0.198 e. The van der Waals surface area contributed by atoms with Crippen LogP contribution >= 0.6 is 0 Å². The summed E-state index contributed by atoms with van der Waals surface area (Å²) in [6.45, 7) is 2.52. The number of nitrogens with one attached hydrogen (secondary N) is 1. The predicted octanol–water partition coefficient (Wildman–Crippen LogP) is 0.901. The molecule has 0 unspecified atom stereocenters. The molecule has 0 rings (SSSR count). The molecule has 0 aliphatic carbocycles. The largest absolute Gasteiger partial charge is 0.207 e. The average Bonchev–Trinajstić information content (AvgIpc) is 1.38. The number of rotatable bonds is 1. The zero-order chi connectivity index (χ0) is 4.28. The summed E-state index contributed by atoms with van der Waals surface area (Å²) in [6, 6.07) is 0. The lowest BCUT2D eigenvalue weighted by Crippen LogP contribution is -1.88. The predicted molar refractivity (Wildman–Crippen MR) is 14.5 cm³/mol. The summed E-state index contributed by atoms with van der Waals surface area (Å²) in [7, 11) is 0. The van der Waals surface area contributed by atoms with Gasteiger partial charge in [-0.15, -0.1) is 4.48 Å². The summed E-state index contributed by atoms with van der Waals surface area (Å²) in [4.78, 5) is 0. The standard InChI is InChI=1S/C2H3F2N/c1-2(3)5-4/h5H,1H2. The van der Waals surface area contributed by atoms with Gasteiger partial charge in [0.25, 0.3) is 0 Å². The fraction of sp³-hybridized carbons (Fsp3) is 0. The highest BCUT2D eigenvalue weighted by molar-refractivity contribution is 4.68. The third-order valence-corrected chi connectivity index (χ3v) is 0.103. The van der Waals surface area contributed by atoms with E-state index in [1.165, 1.54) is 0 Å². The number of hydrogen-bond acceptors (Lipinski definition) is 1. The second-order valence-electron chi connectivity index (χ2n) is 0.499. The van der Waals surface area contributed by atoms with E-state index in [1.54, 1.807) is 0 Å². The van der Waals surface area contributed by atoms with Crippen molar-refractivity contribution in [1.29, 1.82) is 0 Å². The highest BCUT2D eigenvalue weighted by Gasteiger charge is 1.73. The minimum absolute atomic E-state index is 0.667. The van der Waals surface area contributed by atoms with Gasteiger partial charge in [-0.25, -0.2) is 0 Å². The molecule has 1 nitrogen and oxygen atoms in total. The molecular weight excluding hydrogens is 76.0 g/mol. The molecule has 0 fully saturated rings. The van der Waals surface area contributed by atoms with Crippen LogP contribution in [0.5, 0.6) is 0 Å². The molecule has 0 radical (unpaired) electrons. The van der Waals surface area contributed by atoms with Gasteiger partial charge in [0.05, 0.1) is 0 Å². The summed E-state index contributed by atoms with van der Waals surface area (Å²) in [6.07, 6.45) is 0. The zero-order valence-electron chi connectivity index (χ0n) is 2.46. The maximum absolute atomic E-state index is 10.8. The third kappa shape index (κ3) is 3.40. The molecule has 0 saturated carbocycles. The van der Waals surface area contributed by atoms with Gasteiger partial charge >= 0.3 is 0 Å². The van der Waals surface area contributed by atoms with E-state index >= 15 is 0 Å². The number of halogens is 2. The molecule has 0 bridgehead atoms. The monoisotopic (exact) mass is 79.0 g/mol. The van der Waals surface area contributed by atoms with Gasteiger partial charge < -0.3 is 0 Å². The molecule has 3 heteroatoms. The van der Waals surface area contributed by atoms with Gasteiger partial charge in [0.15, 0.2) is 0 Å². The van der Waals surface area contributed by atoms with Crippen LogP contribution in [-0.2, 0) is 0 Å². The molecule has 0 spiro atoms. The van der Waals surface area contributed by atoms with E-state index in [2.05, 4.69) is 6.58 Å². The van der Waals surface area contributed by atoms with Crippen LogP contribution < -0.4 is 5.54 Å². The topological polar surface area (TPSA) is 12.0 Å². The Balaban J connectivity index is 2.85. The van der Waals surface area contributed by atoms with E-state index in [0.29, 0.717) is 5.54 Å². The van der Waals surface area contributed by atoms with Gasteiger partial charge in [-0.1, -0.05) is 0 Å². The SMILES string of the molecule is C=C(F)NF. The molecule has 0 amide bonds. The first-order chi connectivity index (χ1) is 2.27. The molecule has 0 aliphatic rings. The Labute approximate surface area is 28.2 Å². The van der Waals surface area contributed by atoms with E-state index in [9.17, 15) is 8.87 Å². The molecule has 5 heavy (non-hydrogen) atoms. The Hall–Kier alpha value is -0.600. The van der Waals surface area contributed by atoms with Crippen molar-refractivity contribution >= 4 is 0 Å². The van der Waals surface area contributed by atoms with Crippen molar-refractivity contribution < 1.29 is 8.87 Å². The zero-order valence-corrected chi connectivity index (χ0v) is 2.46. The fourth-order valence-electron chi connectivity index (χ4n) is 0. The van der Waals surface area contributed by atoms with Crippen LogP contribution in [0.4, 0.5) is 8.87 Å². The normalized spacial score (nSPS) is 6.80. The van der Waals surface area contributed by atoms with Crippen LogP contribution in [0.15, 0.2) is 12.5 Å². The van der Waals surface area contributed by atoms with Crippen LogP contribution in [-0.4, -0.2) is 0 Å². The van der Waals surface area contributed by atoms with Gasteiger partial charge in [-0.05, 0) is 6.58 Å². The van der Waals surface area contributed by atoms with Crippen molar-refractivity contribution in [1.82, 2.24) is 5.54 Å². The van der Waals surface area contributed by atoms with E-state index < -0.39 is 5.95 Å². The highest BCUT2D eigenvalue weighted by atomic mass is 19.2. The molecule has 1 N–H and O–H groups in total. The van der Waals surface area contributed by atoms with Crippen LogP contribution in [0.3, 0.4) is 0 Å². The van der Waals surface area contributed by atoms with Gasteiger partial charge in [0, 0.05) is 0 Å². The average molecular weight is 79.0 g/mol. The second kappa shape index (κ2) is 1.69. The summed E-state index contributed by atoms with van der Waals surface area (Å²) in [5.41, 5.74) is 0.667. The molecule has 0 aromatic rings. The Morgan fingerprint density at radius 2 is 2.00 bits per heavy atom. The molecule has 0 heterocycles. The van der Waals surface area contributed by atoms with Crippen molar-refractivity contribution in [2.24, 2.45) is 0 Å². The number of hydrogen-bond donors (Lipinski definition) is 1. The Morgan fingerprint density at radius 1 is 1.80 bits per heavy atom. The van der Waals surface area contributed by atoms with E-state index in [1.807, 2.05) is 0 Å². The molecule has 30 valence electrons. The molecular formula is C2H3F2N. The van der Waals surface area contributed by atoms with Crippen LogP contribution in [0.2, 0.25) is 0 Å². The lowest BCUT2D eigenvalue weighted by molar-refractivity contribution is 0.326. The van der Waals surface area contributed by atoms with E-state index in [0.717, 1.165) is 0 Å². The Morgan fingerprint density at radius 3 is 2.00 bits per heavy atom. The maximum atomic E-state index is 10.8. The van der Waals surface area contributed by atoms with Crippen molar-refractivity contribution in [2.75, 3.05) is 0 Å². The lowest BCUT2D eigenvalue weighted by atomic mass is 11.0. The summed E-state index contributed by atoms with van der Waals surface area (Å²) >= 11 is 0. The van der Waals surface area contributed by atoms with Gasteiger partial charge in [-0.2, -0.15) is 9.93 Å². The highest BCUT2D eigenvalue weighted by Crippen LogP contribution is 1.78. The van der Waals surface area contributed by atoms with Gasteiger partial charge in [-0.3, -0.25) is 0 Å². The Bertz CT molecular complexity index is 42.9. The van der Waals surface area contributed by atoms with Crippen molar-refractivity contribution in [3.63, 3.8) is 0 Å². The van der Waals surface area contributed by atoms with Crippen molar-refractivity contribution in [3.8, 4) is 0 Å². The first kappa shape index (κ1) is 4.40. The van der Waals surface area contributed by atoms with Crippen molar-refractivity contribution in [3.05, 3.63) is 12.5 Å². The van der Waals surface area contributed by atoms with E-state index in [-0.39, 0.29) is 0 Å². The lowest BCUT2D eigenvalue weighted by Gasteiger charge is -1.76. The minimum Gasteiger partial charge on any atom is -0.198 e. The fourth-order valence-corrected chi connectivity index (χ4v) is 0. The Kier molecular flexibility index (Phi) is 1.49.